The van der Waals surface area contributed by atoms with Crippen LogP contribution in [-0.4, -0.2) is 50.1 Å². The fourth-order valence-corrected chi connectivity index (χ4v) is 2.22. The zero-order valence-electron chi connectivity index (χ0n) is 12.1. The topological polar surface area (TPSA) is 53.6 Å². The number of hydrogen-bond acceptors (Lipinski definition) is 4. The van der Waals surface area contributed by atoms with Gasteiger partial charge in [0.2, 0.25) is 5.91 Å². The first-order valence-corrected chi connectivity index (χ1v) is 6.92. The van der Waals surface area contributed by atoms with E-state index in [9.17, 15) is 13.6 Å². The highest BCUT2D eigenvalue weighted by Crippen LogP contribution is 2.25. The molecule has 0 spiro atoms. The smallest absolute Gasteiger partial charge is 0.387 e. The first-order valence-electron chi connectivity index (χ1n) is 6.92. The first-order chi connectivity index (χ1) is 10.1. The molecule has 1 aromatic rings. The van der Waals surface area contributed by atoms with E-state index in [-0.39, 0.29) is 36.3 Å². The van der Waals surface area contributed by atoms with Crippen LogP contribution in [0.15, 0.2) is 24.3 Å². The Morgan fingerprint density at radius 3 is 2.86 bits per heavy atom. The number of benzene rings is 1. The average molecular weight is 336 g/mol. The number of para-hydroxylation sites is 2. The van der Waals surface area contributed by atoms with Crippen LogP contribution >= 0.6 is 12.4 Å². The van der Waals surface area contributed by atoms with E-state index in [2.05, 4.69) is 15.4 Å². The van der Waals surface area contributed by atoms with Gasteiger partial charge >= 0.3 is 6.61 Å². The van der Waals surface area contributed by atoms with Gasteiger partial charge < -0.3 is 15.4 Å². The van der Waals surface area contributed by atoms with E-state index < -0.39 is 6.61 Å². The van der Waals surface area contributed by atoms with E-state index in [1.54, 1.807) is 18.2 Å². The molecule has 1 heterocycles. The highest BCUT2D eigenvalue weighted by Gasteiger charge is 2.15. The minimum Gasteiger partial charge on any atom is -0.433 e. The summed E-state index contributed by atoms with van der Waals surface area (Å²) in [6.07, 6.45) is 0.984. The Kier molecular flexibility index (Phi) is 8.08. The van der Waals surface area contributed by atoms with Gasteiger partial charge in [0.05, 0.1) is 12.2 Å². The number of halogens is 3. The Bertz CT molecular complexity index is 469. The van der Waals surface area contributed by atoms with Crippen molar-refractivity contribution in [1.29, 1.82) is 0 Å². The third-order valence-electron chi connectivity index (χ3n) is 3.18. The van der Waals surface area contributed by atoms with Crippen molar-refractivity contribution in [1.82, 2.24) is 10.2 Å². The van der Waals surface area contributed by atoms with Crippen LogP contribution in [0.3, 0.4) is 0 Å². The molecule has 1 aromatic carbocycles. The lowest BCUT2D eigenvalue weighted by Gasteiger charge is -2.19. The lowest BCUT2D eigenvalue weighted by molar-refractivity contribution is -0.117. The second-order valence-corrected chi connectivity index (χ2v) is 4.80. The van der Waals surface area contributed by atoms with Crippen molar-refractivity contribution >= 4 is 24.0 Å². The lowest BCUT2D eigenvalue weighted by atomic mass is 10.3. The molecule has 1 saturated heterocycles. The third kappa shape index (κ3) is 6.13. The number of carbonyl (C=O) groups is 1. The van der Waals surface area contributed by atoms with Crippen LogP contribution in [0.5, 0.6) is 5.75 Å². The molecule has 2 rings (SSSR count). The number of alkyl halides is 2. The molecular formula is C14H20ClF2N3O2. The zero-order chi connectivity index (χ0) is 15.1. The maximum absolute atomic E-state index is 12.3. The molecule has 1 aliphatic rings. The molecule has 0 radical (unpaired) electrons. The number of hydrogen-bond donors (Lipinski definition) is 2. The van der Waals surface area contributed by atoms with E-state index in [4.69, 9.17) is 0 Å². The van der Waals surface area contributed by atoms with Gasteiger partial charge in [-0.3, -0.25) is 9.69 Å². The Hall–Kier alpha value is -1.44. The molecule has 0 aliphatic carbocycles. The van der Waals surface area contributed by atoms with Gasteiger partial charge in [-0.1, -0.05) is 12.1 Å². The fourth-order valence-electron chi connectivity index (χ4n) is 2.22. The third-order valence-corrected chi connectivity index (χ3v) is 3.18. The Morgan fingerprint density at radius 2 is 2.09 bits per heavy atom. The number of rotatable bonds is 5. The summed E-state index contributed by atoms with van der Waals surface area (Å²) < 4.78 is 29.0. The summed E-state index contributed by atoms with van der Waals surface area (Å²) in [5.41, 5.74) is 0.260. The molecule has 1 amide bonds. The number of nitrogens with one attached hydrogen (secondary N) is 2. The van der Waals surface area contributed by atoms with E-state index in [0.29, 0.717) is 0 Å². The zero-order valence-corrected chi connectivity index (χ0v) is 12.9. The number of ether oxygens (including phenoxy) is 1. The van der Waals surface area contributed by atoms with Crippen LogP contribution in [0.4, 0.5) is 14.5 Å². The largest absolute Gasteiger partial charge is 0.433 e. The lowest BCUT2D eigenvalue weighted by Crippen LogP contribution is -2.35. The Labute approximate surface area is 134 Å². The summed E-state index contributed by atoms with van der Waals surface area (Å²) in [5, 5.41) is 5.88. The Morgan fingerprint density at radius 1 is 1.32 bits per heavy atom. The average Bonchev–Trinajstić information content (AvgIpc) is 2.69. The first kappa shape index (κ1) is 18.6. The number of amides is 1. The molecule has 0 saturated carbocycles. The molecule has 8 heteroatoms. The molecule has 0 aromatic heterocycles. The minimum atomic E-state index is -2.92. The molecule has 0 bridgehead atoms. The van der Waals surface area contributed by atoms with Gasteiger partial charge in [-0.15, -0.1) is 12.4 Å². The van der Waals surface area contributed by atoms with Crippen molar-refractivity contribution in [2.75, 3.05) is 38.0 Å². The van der Waals surface area contributed by atoms with E-state index in [1.165, 1.54) is 6.07 Å². The predicted molar refractivity (Wildman–Crippen MR) is 82.9 cm³/mol. The van der Waals surface area contributed by atoms with Gasteiger partial charge in [-0.25, -0.2) is 0 Å². The van der Waals surface area contributed by atoms with E-state index >= 15 is 0 Å². The summed E-state index contributed by atoms with van der Waals surface area (Å²) in [6, 6.07) is 6.18. The summed E-state index contributed by atoms with van der Waals surface area (Å²) in [6.45, 7) is 0.754. The van der Waals surface area contributed by atoms with Gasteiger partial charge in [0.1, 0.15) is 5.75 Å². The monoisotopic (exact) mass is 335 g/mol. The number of nitrogens with zero attached hydrogens (tertiary/aromatic N) is 1. The van der Waals surface area contributed by atoms with Crippen LogP contribution in [0.1, 0.15) is 6.42 Å². The fraction of sp³-hybridized carbons (Fsp3) is 0.500. The molecule has 1 fully saturated rings. The summed E-state index contributed by atoms with van der Waals surface area (Å²) >= 11 is 0. The second kappa shape index (κ2) is 9.55. The van der Waals surface area contributed by atoms with Crippen LogP contribution < -0.4 is 15.4 Å². The standard InChI is InChI=1S/C14H19F2N3O2.ClH/c15-14(16)21-12-5-2-1-4-11(12)18-13(20)10-19-8-3-6-17-7-9-19;/h1-2,4-5,14,17H,3,6-10H2,(H,18,20);1H. The highest BCUT2D eigenvalue weighted by atomic mass is 35.5. The van der Waals surface area contributed by atoms with Gasteiger partial charge in [0.15, 0.2) is 0 Å². The maximum atomic E-state index is 12.3. The molecule has 0 atom stereocenters. The summed E-state index contributed by atoms with van der Waals surface area (Å²) in [7, 11) is 0. The van der Waals surface area contributed by atoms with Crippen LogP contribution in [0, 0.1) is 0 Å². The van der Waals surface area contributed by atoms with Crippen molar-refractivity contribution in [2.24, 2.45) is 0 Å². The van der Waals surface area contributed by atoms with Gasteiger partial charge in [0, 0.05) is 13.1 Å². The van der Waals surface area contributed by atoms with Gasteiger partial charge in [-0.2, -0.15) is 8.78 Å². The molecule has 0 unspecified atom stereocenters. The van der Waals surface area contributed by atoms with Crippen molar-refractivity contribution in [3.05, 3.63) is 24.3 Å². The minimum absolute atomic E-state index is 0. The molecule has 22 heavy (non-hydrogen) atoms. The highest BCUT2D eigenvalue weighted by molar-refractivity contribution is 5.93. The maximum Gasteiger partial charge on any atom is 0.387 e. The Balaban J connectivity index is 0.00000242. The van der Waals surface area contributed by atoms with Crippen molar-refractivity contribution in [2.45, 2.75) is 13.0 Å². The number of carbonyl (C=O) groups excluding carboxylic acids is 1. The van der Waals surface area contributed by atoms with Gasteiger partial charge in [0.25, 0.3) is 0 Å². The number of anilines is 1. The SMILES string of the molecule is Cl.O=C(CN1CCCNCC1)Nc1ccccc1OC(F)F. The normalized spacial score (nSPS) is 15.8. The molecule has 1 aliphatic heterocycles. The predicted octanol–water partition coefficient (Wildman–Crippen LogP) is 1.94. The van der Waals surface area contributed by atoms with Crippen LogP contribution in [0.25, 0.3) is 0 Å². The molecular weight excluding hydrogens is 316 g/mol. The molecule has 124 valence electrons. The van der Waals surface area contributed by atoms with E-state index in [1.807, 2.05) is 4.90 Å². The van der Waals surface area contributed by atoms with Crippen molar-refractivity contribution < 1.29 is 18.3 Å². The van der Waals surface area contributed by atoms with E-state index in [0.717, 1.165) is 32.6 Å². The van der Waals surface area contributed by atoms with Gasteiger partial charge in [-0.05, 0) is 31.6 Å². The van der Waals surface area contributed by atoms with Crippen molar-refractivity contribution in [3.8, 4) is 5.75 Å². The van der Waals surface area contributed by atoms with Crippen LogP contribution in [0.2, 0.25) is 0 Å². The van der Waals surface area contributed by atoms with Crippen LogP contribution in [-0.2, 0) is 4.79 Å². The quantitative estimate of drug-likeness (QED) is 0.863. The van der Waals surface area contributed by atoms with Crippen molar-refractivity contribution in [3.63, 3.8) is 0 Å². The molecule has 5 nitrogen and oxygen atoms in total. The summed E-state index contributed by atoms with van der Waals surface area (Å²) in [5.74, 6) is -0.263. The summed E-state index contributed by atoms with van der Waals surface area (Å²) in [4.78, 5) is 14.0. The second-order valence-electron chi connectivity index (χ2n) is 4.80. The molecule has 2 N–H and O–H groups in total.